The van der Waals surface area contributed by atoms with Gasteiger partial charge in [0, 0.05) is 57.9 Å². The van der Waals surface area contributed by atoms with Gasteiger partial charge in [-0.25, -0.2) is 8.42 Å². The Morgan fingerprint density at radius 2 is 1.76 bits per heavy atom. The zero-order valence-electron chi connectivity index (χ0n) is 19.8. The average molecular weight is 499 g/mol. The number of benzene rings is 1. The first kappa shape index (κ1) is 25.9. The Hall–Kier alpha value is -1.68. The van der Waals surface area contributed by atoms with E-state index in [9.17, 15) is 18.0 Å². The Kier molecular flexibility index (Phi) is 8.77. The highest BCUT2D eigenvalue weighted by Gasteiger charge is 2.32. The van der Waals surface area contributed by atoms with E-state index in [0.29, 0.717) is 70.4 Å². The number of amides is 2. The highest BCUT2D eigenvalue weighted by atomic mass is 35.5. The summed E-state index contributed by atoms with van der Waals surface area (Å²) in [6.07, 6.45) is 1.82. The quantitative estimate of drug-likeness (QED) is 0.576. The Bertz CT molecular complexity index is 959. The van der Waals surface area contributed by atoms with Crippen molar-refractivity contribution in [1.29, 1.82) is 0 Å². The number of carbonyl (C=O) groups is 2. The maximum atomic E-state index is 13.2. The van der Waals surface area contributed by atoms with E-state index in [1.165, 1.54) is 16.4 Å². The Morgan fingerprint density at radius 3 is 2.36 bits per heavy atom. The molecule has 0 saturated carbocycles. The molecule has 1 aromatic carbocycles. The molecule has 0 bridgehead atoms. The largest absolute Gasteiger partial charge is 0.342 e. The number of hydrogen-bond acceptors (Lipinski definition) is 5. The lowest BCUT2D eigenvalue weighted by atomic mass is 10.0. The van der Waals surface area contributed by atoms with Gasteiger partial charge >= 0.3 is 0 Å². The minimum Gasteiger partial charge on any atom is -0.342 e. The molecule has 1 atom stereocenters. The fourth-order valence-corrected chi connectivity index (χ4v) is 6.60. The van der Waals surface area contributed by atoms with Gasteiger partial charge in [0.25, 0.3) is 5.91 Å². The lowest BCUT2D eigenvalue weighted by molar-refractivity contribution is -0.132. The number of rotatable bonds is 7. The van der Waals surface area contributed by atoms with Crippen LogP contribution in [-0.2, 0) is 14.8 Å². The fraction of sp³-hybridized carbons (Fsp3) is 0.652. The predicted octanol–water partition coefficient (Wildman–Crippen LogP) is 2.39. The lowest BCUT2D eigenvalue weighted by Gasteiger charge is -2.35. The van der Waals surface area contributed by atoms with Crippen molar-refractivity contribution < 1.29 is 18.0 Å². The van der Waals surface area contributed by atoms with E-state index in [4.69, 9.17) is 11.6 Å². The van der Waals surface area contributed by atoms with Crippen LogP contribution in [-0.4, -0.2) is 98.1 Å². The second-order valence-electron chi connectivity index (χ2n) is 8.89. The van der Waals surface area contributed by atoms with Crippen LogP contribution in [0.15, 0.2) is 23.1 Å². The van der Waals surface area contributed by atoms with E-state index < -0.39 is 10.0 Å². The normalized spacial score (nSPS) is 20.6. The van der Waals surface area contributed by atoms with Gasteiger partial charge in [-0.05, 0) is 50.8 Å². The highest BCUT2D eigenvalue weighted by Crippen LogP contribution is 2.29. The van der Waals surface area contributed by atoms with Gasteiger partial charge in [-0.2, -0.15) is 4.31 Å². The first-order valence-corrected chi connectivity index (χ1v) is 13.6. The summed E-state index contributed by atoms with van der Waals surface area (Å²) in [5.41, 5.74) is 0.315. The van der Waals surface area contributed by atoms with Crippen LogP contribution < -0.4 is 0 Å². The van der Waals surface area contributed by atoms with Crippen LogP contribution in [0.2, 0.25) is 5.02 Å². The number of halogens is 1. The Morgan fingerprint density at radius 1 is 1.09 bits per heavy atom. The van der Waals surface area contributed by atoms with Gasteiger partial charge < -0.3 is 9.80 Å². The van der Waals surface area contributed by atoms with Gasteiger partial charge in [-0.1, -0.05) is 18.5 Å². The SMILES string of the molecule is CCN(CC)C(=O)CN1CCN(C(=O)c2ccc(Cl)c(S(=O)(=O)N3CCCC(C)C3)c2)CC1. The molecule has 2 heterocycles. The molecule has 33 heavy (non-hydrogen) atoms. The van der Waals surface area contributed by atoms with Gasteiger partial charge in [0.1, 0.15) is 4.90 Å². The molecular formula is C23H35ClN4O4S. The molecule has 0 N–H and O–H groups in total. The minimum atomic E-state index is -3.77. The Labute approximate surface area is 202 Å². The van der Waals surface area contributed by atoms with Crippen LogP contribution in [0.25, 0.3) is 0 Å². The van der Waals surface area contributed by atoms with Gasteiger partial charge in [-0.3, -0.25) is 14.5 Å². The number of carbonyl (C=O) groups excluding carboxylic acids is 2. The zero-order valence-corrected chi connectivity index (χ0v) is 21.4. The van der Waals surface area contributed by atoms with Gasteiger partial charge in [-0.15, -0.1) is 0 Å². The standard InChI is InChI=1S/C23H35ClN4O4S/c1-4-26(5-2)22(29)17-25-11-13-27(14-12-25)23(30)19-8-9-20(24)21(15-19)33(31,32)28-10-6-7-18(3)16-28/h8-9,15,18H,4-7,10-14,16-17H2,1-3H3. The van der Waals surface area contributed by atoms with E-state index in [2.05, 4.69) is 4.90 Å². The number of likely N-dealkylation sites (N-methyl/N-ethyl adjacent to an activating group) is 1. The topological polar surface area (TPSA) is 81.2 Å². The second kappa shape index (κ2) is 11.2. The van der Waals surface area contributed by atoms with Gasteiger partial charge in [0.2, 0.25) is 15.9 Å². The molecule has 0 radical (unpaired) electrons. The van der Waals surface area contributed by atoms with E-state index in [-0.39, 0.29) is 21.7 Å². The molecule has 8 nitrogen and oxygen atoms in total. The minimum absolute atomic E-state index is 0.00688. The summed E-state index contributed by atoms with van der Waals surface area (Å²) in [4.78, 5) is 31.0. The second-order valence-corrected chi connectivity index (χ2v) is 11.2. The van der Waals surface area contributed by atoms with Crippen molar-refractivity contribution in [2.75, 3.05) is 58.9 Å². The van der Waals surface area contributed by atoms with E-state index in [0.717, 1.165) is 12.8 Å². The van der Waals surface area contributed by atoms with Crippen LogP contribution in [0.4, 0.5) is 0 Å². The monoisotopic (exact) mass is 498 g/mol. The predicted molar refractivity (Wildman–Crippen MR) is 129 cm³/mol. The number of piperidine rings is 1. The molecule has 2 aliphatic rings. The van der Waals surface area contributed by atoms with E-state index in [1.807, 2.05) is 20.8 Å². The van der Waals surface area contributed by atoms with Gasteiger partial charge in [0.15, 0.2) is 0 Å². The molecule has 3 rings (SSSR count). The number of hydrogen-bond donors (Lipinski definition) is 0. The number of sulfonamides is 1. The third kappa shape index (κ3) is 6.07. The summed E-state index contributed by atoms with van der Waals surface area (Å²) in [6, 6.07) is 4.49. The number of nitrogens with zero attached hydrogens (tertiary/aromatic N) is 4. The molecule has 1 aromatic rings. The van der Waals surface area contributed by atoms with E-state index in [1.54, 1.807) is 15.9 Å². The summed E-state index contributed by atoms with van der Waals surface area (Å²) in [5.74, 6) is 0.172. The van der Waals surface area contributed by atoms with Crippen molar-refractivity contribution in [2.24, 2.45) is 5.92 Å². The van der Waals surface area contributed by atoms with Crippen LogP contribution in [0.1, 0.15) is 44.0 Å². The molecule has 2 fully saturated rings. The maximum absolute atomic E-state index is 13.2. The van der Waals surface area contributed by atoms with Crippen LogP contribution >= 0.6 is 11.6 Å². The van der Waals surface area contributed by atoms with Crippen molar-refractivity contribution in [1.82, 2.24) is 19.0 Å². The first-order valence-electron chi connectivity index (χ1n) is 11.8. The summed E-state index contributed by atoms with van der Waals surface area (Å²) in [5, 5.41) is 0.129. The molecule has 1 unspecified atom stereocenters. The molecule has 2 saturated heterocycles. The summed E-state index contributed by atoms with van der Waals surface area (Å²) in [7, 11) is -3.77. The third-order valence-electron chi connectivity index (χ3n) is 6.55. The molecule has 0 aliphatic carbocycles. The number of piperazine rings is 1. The average Bonchev–Trinajstić information content (AvgIpc) is 2.80. The van der Waals surface area contributed by atoms with Crippen LogP contribution in [0.3, 0.4) is 0 Å². The third-order valence-corrected chi connectivity index (χ3v) is 8.90. The van der Waals surface area contributed by atoms with Crippen molar-refractivity contribution in [3.8, 4) is 0 Å². The molecule has 0 spiro atoms. The van der Waals surface area contributed by atoms with Crippen LogP contribution in [0.5, 0.6) is 0 Å². The van der Waals surface area contributed by atoms with Gasteiger partial charge in [0.05, 0.1) is 11.6 Å². The fourth-order valence-electron chi connectivity index (χ4n) is 4.50. The maximum Gasteiger partial charge on any atom is 0.253 e. The zero-order chi connectivity index (χ0) is 24.2. The van der Waals surface area contributed by atoms with Crippen LogP contribution in [0, 0.1) is 5.92 Å². The van der Waals surface area contributed by atoms with Crippen molar-refractivity contribution >= 4 is 33.4 Å². The summed E-state index contributed by atoms with van der Waals surface area (Å²) in [6.45, 7) is 10.8. The molecule has 184 valence electrons. The van der Waals surface area contributed by atoms with Crippen molar-refractivity contribution in [3.05, 3.63) is 28.8 Å². The Balaban J connectivity index is 1.67. The van der Waals surface area contributed by atoms with Crippen molar-refractivity contribution in [2.45, 2.75) is 38.5 Å². The molecule has 10 heteroatoms. The molecule has 2 amide bonds. The molecule has 2 aliphatic heterocycles. The van der Waals surface area contributed by atoms with Crippen molar-refractivity contribution in [3.63, 3.8) is 0 Å². The first-order chi connectivity index (χ1) is 15.7. The summed E-state index contributed by atoms with van der Waals surface area (Å²) < 4.78 is 27.9. The highest BCUT2D eigenvalue weighted by molar-refractivity contribution is 7.89. The smallest absolute Gasteiger partial charge is 0.253 e. The lowest BCUT2D eigenvalue weighted by Crippen LogP contribution is -2.51. The molecular weight excluding hydrogens is 464 g/mol. The summed E-state index contributed by atoms with van der Waals surface area (Å²) >= 11 is 6.27. The molecule has 0 aromatic heterocycles. The van der Waals surface area contributed by atoms with E-state index >= 15 is 0 Å².